The van der Waals surface area contributed by atoms with Gasteiger partial charge in [-0.05, 0) is 6.92 Å². The Balaban J connectivity index is 1.57. The van der Waals surface area contributed by atoms with E-state index in [2.05, 4.69) is 37.1 Å². The number of ether oxygens (including phenoxy) is 2. The molecule has 0 bridgehead atoms. The van der Waals surface area contributed by atoms with Crippen molar-refractivity contribution in [1.82, 2.24) is 25.3 Å². The molecule has 1 aliphatic rings. The zero-order valence-electron chi connectivity index (χ0n) is 13.1. The minimum Gasteiger partial charge on any atom is -0.487 e. The summed E-state index contributed by atoms with van der Waals surface area (Å²) in [5, 5.41) is 3.36. The predicted molar refractivity (Wildman–Crippen MR) is 84.7 cm³/mol. The van der Waals surface area contributed by atoms with Gasteiger partial charge in [0.15, 0.2) is 11.6 Å². The van der Waals surface area contributed by atoms with Gasteiger partial charge in [-0.25, -0.2) is 19.9 Å². The lowest BCUT2D eigenvalue weighted by atomic mass is 10.2. The summed E-state index contributed by atoms with van der Waals surface area (Å²) < 4.78 is 11.3. The third-order valence-corrected chi connectivity index (χ3v) is 3.55. The number of nitrogens with one attached hydrogen (secondary N) is 1. The lowest BCUT2D eigenvalue weighted by Crippen LogP contribution is -2.50. The third-order valence-electron chi connectivity index (χ3n) is 3.55. The smallest absolute Gasteiger partial charge is 0.257 e. The molecule has 0 unspecified atom stereocenters. The summed E-state index contributed by atoms with van der Waals surface area (Å²) in [6, 6.07) is 0.348. The maximum Gasteiger partial charge on any atom is 0.257 e. The fourth-order valence-corrected chi connectivity index (χ4v) is 2.43. The van der Waals surface area contributed by atoms with Crippen LogP contribution in [0.2, 0.25) is 0 Å². The van der Waals surface area contributed by atoms with Gasteiger partial charge in [0.25, 0.3) is 5.88 Å². The average molecular weight is 316 g/mol. The van der Waals surface area contributed by atoms with Gasteiger partial charge in [0.05, 0.1) is 12.4 Å². The Morgan fingerprint density at radius 2 is 1.96 bits per heavy atom. The molecule has 3 heterocycles. The van der Waals surface area contributed by atoms with Crippen molar-refractivity contribution in [3.63, 3.8) is 0 Å². The maximum absolute atomic E-state index is 5.76. The molecule has 0 saturated carbocycles. The normalized spacial score (nSPS) is 17.8. The molecule has 2 aromatic heterocycles. The Kier molecular flexibility index (Phi) is 5.15. The van der Waals surface area contributed by atoms with Crippen LogP contribution < -0.4 is 19.7 Å². The van der Waals surface area contributed by atoms with E-state index >= 15 is 0 Å². The van der Waals surface area contributed by atoms with Crippen LogP contribution in [0.4, 0.5) is 5.82 Å². The van der Waals surface area contributed by atoms with E-state index in [0.29, 0.717) is 30.9 Å². The van der Waals surface area contributed by atoms with E-state index in [1.54, 1.807) is 24.8 Å². The van der Waals surface area contributed by atoms with Gasteiger partial charge in [-0.2, -0.15) is 0 Å². The highest BCUT2D eigenvalue weighted by Gasteiger charge is 2.23. The first-order chi connectivity index (χ1) is 11.3. The second-order valence-electron chi connectivity index (χ2n) is 5.20. The van der Waals surface area contributed by atoms with Gasteiger partial charge >= 0.3 is 0 Å². The van der Waals surface area contributed by atoms with Crippen LogP contribution >= 0.6 is 0 Å². The highest BCUT2D eigenvalue weighted by Crippen LogP contribution is 2.25. The van der Waals surface area contributed by atoms with Crippen LogP contribution in [-0.2, 0) is 0 Å². The Labute approximate surface area is 134 Å². The fraction of sp³-hybridized carbons (Fsp3) is 0.467. The standard InChI is InChI=1S/C15H20N6O2/c1-12-8-16-4-5-21(12)14-15(20-3-2-19-14)23-7-6-22-13-9-17-11-18-10-13/h2-3,9-12,16H,4-8H2,1H3/t12-/m1/s1. The second-order valence-corrected chi connectivity index (χ2v) is 5.20. The first-order valence-corrected chi connectivity index (χ1v) is 7.63. The van der Waals surface area contributed by atoms with Gasteiger partial charge < -0.3 is 19.7 Å². The highest BCUT2D eigenvalue weighted by atomic mass is 16.5. The molecule has 1 fully saturated rings. The molecular formula is C15H20N6O2. The molecule has 1 aliphatic heterocycles. The number of anilines is 1. The SMILES string of the molecule is C[C@@H]1CNCCN1c1nccnc1OCCOc1cncnc1. The van der Waals surface area contributed by atoms with Crippen molar-refractivity contribution in [1.29, 1.82) is 0 Å². The molecule has 0 spiro atoms. The molecule has 0 amide bonds. The summed E-state index contributed by atoms with van der Waals surface area (Å²) in [7, 11) is 0. The lowest BCUT2D eigenvalue weighted by Gasteiger charge is -2.35. The third kappa shape index (κ3) is 4.04. The van der Waals surface area contributed by atoms with Crippen LogP contribution in [-0.4, -0.2) is 58.8 Å². The highest BCUT2D eigenvalue weighted by molar-refractivity contribution is 5.49. The number of aromatic nitrogens is 4. The first-order valence-electron chi connectivity index (χ1n) is 7.63. The average Bonchev–Trinajstić information content (AvgIpc) is 2.61. The molecule has 3 rings (SSSR count). The van der Waals surface area contributed by atoms with Crippen molar-refractivity contribution in [3.8, 4) is 11.6 Å². The molecule has 1 saturated heterocycles. The molecule has 23 heavy (non-hydrogen) atoms. The number of hydrogen-bond acceptors (Lipinski definition) is 8. The fourth-order valence-electron chi connectivity index (χ4n) is 2.43. The van der Waals surface area contributed by atoms with Gasteiger partial charge in [0, 0.05) is 38.1 Å². The zero-order chi connectivity index (χ0) is 15.9. The molecule has 0 aromatic carbocycles. The zero-order valence-corrected chi connectivity index (χ0v) is 13.1. The van der Waals surface area contributed by atoms with Crippen molar-refractivity contribution in [2.75, 3.05) is 37.7 Å². The van der Waals surface area contributed by atoms with Crippen molar-refractivity contribution >= 4 is 5.82 Å². The minimum absolute atomic E-state index is 0.348. The first kappa shape index (κ1) is 15.4. The lowest BCUT2D eigenvalue weighted by molar-refractivity contribution is 0.210. The molecule has 2 aromatic rings. The van der Waals surface area contributed by atoms with Crippen LogP contribution in [0.15, 0.2) is 31.1 Å². The Morgan fingerprint density at radius 3 is 2.78 bits per heavy atom. The van der Waals surface area contributed by atoms with E-state index in [9.17, 15) is 0 Å². The van der Waals surface area contributed by atoms with E-state index in [1.165, 1.54) is 6.33 Å². The van der Waals surface area contributed by atoms with E-state index in [0.717, 1.165) is 25.5 Å². The van der Waals surface area contributed by atoms with Crippen molar-refractivity contribution in [3.05, 3.63) is 31.1 Å². The topological polar surface area (TPSA) is 85.3 Å². The van der Waals surface area contributed by atoms with Crippen molar-refractivity contribution in [2.24, 2.45) is 0 Å². The van der Waals surface area contributed by atoms with Crippen LogP contribution in [0.1, 0.15) is 6.92 Å². The van der Waals surface area contributed by atoms with Crippen molar-refractivity contribution in [2.45, 2.75) is 13.0 Å². The van der Waals surface area contributed by atoms with Crippen LogP contribution in [0.3, 0.4) is 0 Å². The van der Waals surface area contributed by atoms with Gasteiger partial charge in [0.2, 0.25) is 0 Å². The van der Waals surface area contributed by atoms with Gasteiger partial charge in [-0.15, -0.1) is 0 Å². The summed E-state index contributed by atoms with van der Waals surface area (Å²) in [5.74, 6) is 1.94. The quantitative estimate of drug-likeness (QED) is 0.772. The largest absolute Gasteiger partial charge is 0.487 e. The number of piperazine rings is 1. The van der Waals surface area contributed by atoms with Crippen molar-refractivity contribution < 1.29 is 9.47 Å². The van der Waals surface area contributed by atoms with E-state index in [-0.39, 0.29) is 0 Å². The number of nitrogens with zero attached hydrogens (tertiary/aromatic N) is 5. The van der Waals surface area contributed by atoms with Crippen LogP contribution in [0, 0.1) is 0 Å². The number of hydrogen-bond donors (Lipinski definition) is 1. The Hall–Kier alpha value is -2.48. The molecule has 1 N–H and O–H groups in total. The predicted octanol–water partition coefficient (Wildman–Crippen LogP) is 0.522. The minimum atomic E-state index is 0.348. The summed E-state index contributed by atoms with van der Waals surface area (Å²) in [6.07, 6.45) is 8.02. The van der Waals surface area contributed by atoms with Crippen LogP contribution in [0.5, 0.6) is 11.6 Å². The molecule has 122 valence electrons. The molecule has 1 atom stereocenters. The van der Waals surface area contributed by atoms with Gasteiger partial charge in [-0.3, -0.25) is 0 Å². The molecule has 8 nitrogen and oxygen atoms in total. The Bertz CT molecular complexity index is 612. The Morgan fingerprint density at radius 1 is 1.17 bits per heavy atom. The molecule has 8 heteroatoms. The van der Waals surface area contributed by atoms with E-state index in [1.807, 2.05) is 0 Å². The summed E-state index contributed by atoms with van der Waals surface area (Å²) in [4.78, 5) is 18.7. The van der Waals surface area contributed by atoms with Gasteiger partial charge in [0.1, 0.15) is 19.5 Å². The summed E-state index contributed by atoms with van der Waals surface area (Å²) in [6.45, 7) is 5.66. The maximum atomic E-state index is 5.76. The summed E-state index contributed by atoms with van der Waals surface area (Å²) in [5.41, 5.74) is 0. The monoisotopic (exact) mass is 316 g/mol. The second kappa shape index (κ2) is 7.68. The van der Waals surface area contributed by atoms with E-state index in [4.69, 9.17) is 9.47 Å². The molecular weight excluding hydrogens is 296 g/mol. The van der Waals surface area contributed by atoms with Gasteiger partial charge in [-0.1, -0.05) is 0 Å². The molecule has 0 aliphatic carbocycles. The number of rotatable bonds is 6. The van der Waals surface area contributed by atoms with E-state index < -0.39 is 0 Å². The molecule has 0 radical (unpaired) electrons. The van der Waals surface area contributed by atoms with Crippen LogP contribution in [0.25, 0.3) is 0 Å². The summed E-state index contributed by atoms with van der Waals surface area (Å²) >= 11 is 0.